The van der Waals surface area contributed by atoms with Crippen molar-refractivity contribution in [2.24, 2.45) is 5.41 Å². The molecule has 2 aliphatic rings. The minimum absolute atomic E-state index is 0.0233. The van der Waals surface area contributed by atoms with Crippen molar-refractivity contribution in [1.82, 2.24) is 30.5 Å². The summed E-state index contributed by atoms with van der Waals surface area (Å²) in [5.41, 5.74) is 10.8. The molecule has 81 heavy (non-hydrogen) atoms. The zero-order valence-corrected chi connectivity index (χ0v) is 47.6. The van der Waals surface area contributed by atoms with Gasteiger partial charge < -0.3 is 35.4 Å². The molecule has 1 fully saturated rings. The molecule has 5 heterocycles. The fourth-order valence-corrected chi connectivity index (χ4v) is 12.3. The Balaban J connectivity index is 0.735. The van der Waals surface area contributed by atoms with Crippen LogP contribution in [-0.4, -0.2) is 90.9 Å². The van der Waals surface area contributed by atoms with Gasteiger partial charge in [0.1, 0.15) is 30.3 Å². The molecular formula is C63H64N8O8S2. The van der Waals surface area contributed by atoms with E-state index in [9.17, 15) is 34.2 Å². The zero-order valence-electron chi connectivity index (χ0n) is 46.0. The molecule has 18 heteroatoms. The number of amides is 4. The van der Waals surface area contributed by atoms with Gasteiger partial charge in [-0.3, -0.25) is 24.5 Å². The maximum atomic E-state index is 14.3. The Morgan fingerprint density at radius 3 is 2.32 bits per heavy atom. The molecular weight excluding hydrogens is 1060 g/mol. The van der Waals surface area contributed by atoms with Crippen molar-refractivity contribution >= 4 is 73.4 Å². The number of β-amino-alcohol motifs (C(OH)–C–C–N with tert-alkyl or cyclic N) is 1. The number of nitrogens with zero attached hydrogens (tertiary/aromatic N) is 5. The molecule has 8 aromatic rings. The number of para-hydroxylation sites is 1. The van der Waals surface area contributed by atoms with Crippen LogP contribution in [0.1, 0.15) is 106 Å². The van der Waals surface area contributed by atoms with Crippen LogP contribution < -0.4 is 25.6 Å². The average molecular weight is 1130 g/mol. The number of thiazole rings is 2. The molecule has 2 aliphatic heterocycles. The Labute approximate surface area is 478 Å². The van der Waals surface area contributed by atoms with E-state index in [0.29, 0.717) is 59.3 Å². The molecule has 10 rings (SSSR count). The smallest absolute Gasteiger partial charge is 0.355 e. The largest absolute Gasteiger partial charge is 0.489 e. The Morgan fingerprint density at radius 2 is 1.59 bits per heavy atom. The normalized spacial score (nSPS) is 15.9. The van der Waals surface area contributed by atoms with E-state index in [4.69, 9.17) is 9.72 Å². The highest BCUT2D eigenvalue weighted by molar-refractivity contribution is 7.22. The molecule has 0 saturated carbocycles. The zero-order chi connectivity index (χ0) is 57.1. The predicted molar refractivity (Wildman–Crippen MR) is 316 cm³/mol. The van der Waals surface area contributed by atoms with Gasteiger partial charge in [0.15, 0.2) is 10.8 Å². The Hall–Kier alpha value is -8.32. The number of aromatic nitrogens is 3. The van der Waals surface area contributed by atoms with E-state index in [1.807, 2.05) is 161 Å². The number of nitrogens with one attached hydrogen (secondary N) is 3. The molecule has 4 atom stereocenters. The molecule has 0 radical (unpaired) electrons. The van der Waals surface area contributed by atoms with E-state index in [1.54, 1.807) is 23.5 Å². The monoisotopic (exact) mass is 1120 g/mol. The Kier molecular flexibility index (Phi) is 16.4. The topological polar surface area (TPSA) is 216 Å². The van der Waals surface area contributed by atoms with E-state index >= 15 is 0 Å². The van der Waals surface area contributed by atoms with Crippen LogP contribution in [0.3, 0.4) is 0 Å². The number of aromatic carboxylic acids is 1. The molecule has 1 saturated heterocycles. The van der Waals surface area contributed by atoms with Crippen LogP contribution in [0.15, 0.2) is 127 Å². The summed E-state index contributed by atoms with van der Waals surface area (Å²) < 4.78 is 7.31. The van der Waals surface area contributed by atoms with E-state index in [1.165, 1.54) is 16.2 Å². The maximum absolute atomic E-state index is 14.3. The van der Waals surface area contributed by atoms with Crippen LogP contribution in [0.4, 0.5) is 10.9 Å². The van der Waals surface area contributed by atoms with Crippen molar-refractivity contribution in [3.05, 3.63) is 177 Å². The molecule has 4 amide bonds. The number of rotatable bonds is 17. The van der Waals surface area contributed by atoms with Crippen LogP contribution in [0, 0.1) is 19.3 Å². The van der Waals surface area contributed by atoms with Crippen molar-refractivity contribution in [1.29, 1.82) is 0 Å². The second-order valence-corrected chi connectivity index (χ2v) is 23.7. The van der Waals surface area contributed by atoms with Gasteiger partial charge in [-0.2, -0.15) is 0 Å². The number of ether oxygens (including phenoxy) is 1. The number of aliphatic hydroxyl groups is 1. The number of aliphatic hydroxyl groups excluding tert-OH is 1. The summed E-state index contributed by atoms with van der Waals surface area (Å²) in [6.07, 6.45) is 0.358. The fourth-order valence-electron chi connectivity index (χ4n) is 10.6. The van der Waals surface area contributed by atoms with Crippen molar-refractivity contribution in [2.75, 3.05) is 23.3 Å². The van der Waals surface area contributed by atoms with Crippen molar-refractivity contribution in [2.45, 2.75) is 105 Å². The van der Waals surface area contributed by atoms with Crippen molar-refractivity contribution in [3.63, 3.8) is 0 Å². The fraction of sp³-hybridized carbons (Fsp3) is 0.302. The molecule has 2 unspecified atom stereocenters. The molecule has 0 bridgehead atoms. The second-order valence-electron chi connectivity index (χ2n) is 21.8. The lowest BCUT2D eigenvalue weighted by molar-refractivity contribution is -0.144. The van der Waals surface area contributed by atoms with Gasteiger partial charge >= 0.3 is 5.97 Å². The highest BCUT2D eigenvalue weighted by Gasteiger charge is 2.45. The SMILES string of the molecule is Cc1ncsc1-c1ccc(C(C)NC(=O)[C@@H]2C[C@@H](O)CN2C(=O)C(NC(=O)CCc2ccc(COc3cccc(-c4ccc(N5CCc6cccc(C(=O)Nc7nc8ccccc8s7)c6C5)nc4C(=O)O)c3C)cc2)C(C)(C)C)cc1. The third kappa shape index (κ3) is 12.5. The Bertz CT molecular complexity index is 3630. The Morgan fingerprint density at radius 1 is 0.840 bits per heavy atom. The molecule has 3 aromatic heterocycles. The molecule has 0 aliphatic carbocycles. The number of anilines is 2. The van der Waals surface area contributed by atoms with Gasteiger partial charge in [0.25, 0.3) is 5.91 Å². The van der Waals surface area contributed by atoms with Gasteiger partial charge in [0.05, 0.1) is 38.4 Å². The molecule has 16 nitrogen and oxygen atoms in total. The first-order valence-electron chi connectivity index (χ1n) is 27.0. The highest BCUT2D eigenvalue weighted by Crippen LogP contribution is 2.36. The van der Waals surface area contributed by atoms with Gasteiger partial charge in [0.2, 0.25) is 17.7 Å². The third-order valence-electron chi connectivity index (χ3n) is 15.1. The summed E-state index contributed by atoms with van der Waals surface area (Å²) in [5, 5.41) is 30.8. The van der Waals surface area contributed by atoms with Gasteiger partial charge in [-0.05, 0) is 120 Å². The van der Waals surface area contributed by atoms with Crippen molar-refractivity contribution < 1.29 is 38.9 Å². The van der Waals surface area contributed by atoms with Crippen LogP contribution in [0.2, 0.25) is 0 Å². The van der Waals surface area contributed by atoms with Gasteiger partial charge in [-0.25, -0.2) is 19.7 Å². The summed E-state index contributed by atoms with van der Waals surface area (Å²) in [6, 6.07) is 36.0. The summed E-state index contributed by atoms with van der Waals surface area (Å²) in [6.45, 7) is 12.5. The van der Waals surface area contributed by atoms with Gasteiger partial charge in [-0.15, -0.1) is 11.3 Å². The average Bonchev–Trinajstić information content (AvgIpc) is 4.33. The molecule has 5 N–H and O–H groups in total. The molecule has 5 aromatic carbocycles. The lowest BCUT2D eigenvalue weighted by Crippen LogP contribution is -2.57. The van der Waals surface area contributed by atoms with Crippen molar-refractivity contribution in [3.8, 4) is 27.3 Å². The lowest BCUT2D eigenvalue weighted by atomic mass is 9.85. The standard InChI is InChI=1S/C63H64N8O8S2/c1-36-45(46-26-27-53(67-55(46)61(77)78)70-30-29-42-11-9-13-47(48(42)33-70)58(74)69-62-66-49-14-7-8-16-52(49)81-62)12-10-15-51(36)79-34-40-19-17-39(18-20-40)21-28-54(73)68-57(63(4,5)6)60(76)71-32-44(72)31-50(71)59(75)65-37(2)41-22-24-43(25-23-41)56-38(3)64-35-80-56/h7-20,22-27,35,37,44,50,57,72H,21,28-34H2,1-6H3,(H,65,75)(H,68,73)(H,77,78)(H,66,69,74)/t37?,44-,50+,57?/m1/s1. The summed E-state index contributed by atoms with van der Waals surface area (Å²) >= 11 is 2.98. The minimum atomic E-state index is -1.17. The number of carbonyl (C=O) groups is 5. The van der Waals surface area contributed by atoms with Crippen LogP contribution >= 0.6 is 22.7 Å². The summed E-state index contributed by atoms with van der Waals surface area (Å²) in [5.74, 6) is -1.47. The number of benzene rings is 5. The van der Waals surface area contributed by atoms with E-state index in [2.05, 4.69) is 25.9 Å². The van der Waals surface area contributed by atoms with Gasteiger partial charge in [0, 0.05) is 43.6 Å². The van der Waals surface area contributed by atoms with E-state index in [0.717, 1.165) is 59.7 Å². The first kappa shape index (κ1) is 56.0. The van der Waals surface area contributed by atoms with Gasteiger partial charge in [-0.1, -0.05) is 117 Å². The first-order valence-corrected chi connectivity index (χ1v) is 28.7. The number of fused-ring (bicyclic) bond motifs is 2. The predicted octanol–water partition coefficient (Wildman–Crippen LogP) is 10.5. The minimum Gasteiger partial charge on any atom is -0.489 e. The number of hydrogen-bond acceptors (Lipinski definition) is 13. The van der Waals surface area contributed by atoms with E-state index in [-0.39, 0.29) is 55.5 Å². The number of carboxylic acids is 1. The maximum Gasteiger partial charge on any atom is 0.355 e. The molecule has 0 spiro atoms. The second kappa shape index (κ2) is 23.8. The number of carbonyl (C=O) groups excluding carboxylic acids is 4. The van der Waals surface area contributed by atoms with E-state index < -0.39 is 35.5 Å². The summed E-state index contributed by atoms with van der Waals surface area (Å²) in [7, 11) is 0. The lowest BCUT2D eigenvalue weighted by Gasteiger charge is -2.35. The number of likely N-dealkylation sites (tertiary alicyclic amines) is 1. The summed E-state index contributed by atoms with van der Waals surface area (Å²) in [4.78, 5) is 86.4. The number of pyridine rings is 1. The third-order valence-corrected chi connectivity index (χ3v) is 17.1. The number of carboxylic acid groups (broad SMARTS) is 1. The molecule has 416 valence electrons. The van der Waals surface area contributed by atoms with Crippen LogP contribution in [0.25, 0.3) is 31.8 Å². The van der Waals surface area contributed by atoms with Crippen LogP contribution in [0.5, 0.6) is 5.75 Å². The first-order chi connectivity index (χ1) is 38.9. The number of hydrogen-bond donors (Lipinski definition) is 5. The number of aryl methyl sites for hydroxylation is 2. The van der Waals surface area contributed by atoms with Crippen LogP contribution in [-0.2, 0) is 40.4 Å². The quantitative estimate of drug-likeness (QED) is 0.0576. The highest BCUT2D eigenvalue weighted by atomic mass is 32.1.